The van der Waals surface area contributed by atoms with Crippen LogP contribution in [-0.4, -0.2) is 20.1 Å². The maximum atomic E-state index is 6.12. The average molecular weight is 337 g/mol. The minimum atomic E-state index is -0.0339. The summed E-state index contributed by atoms with van der Waals surface area (Å²) in [5.74, 6) is 0. The molecule has 0 spiro atoms. The molecule has 2 aromatic carbocycles. The number of hydrogen-bond acceptors (Lipinski definition) is 4. The van der Waals surface area contributed by atoms with Gasteiger partial charge in [0.2, 0.25) is 0 Å². The van der Waals surface area contributed by atoms with E-state index in [2.05, 4.69) is 60.7 Å². The minimum absolute atomic E-state index is 0.0339. The highest BCUT2D eigenvalue weighted by molar-refractivity contribution is 7.36. The summed E-state index contributed by atoms with van der Waals surface area (Å²) < 4.78 is 11.2. The second-order valence-electron chi connectivity index (χ2n) is 5.41. The number of hydrogen-bond donors (Lipinski definition) is 1. The van der Waals surface area contributed by atoms with Gasteiger partial charge >= 0.3 is 6.92 Å². The molecule has 5 heteroatoms. The quantitative estimate of drug-likeness (QED) is 0.568. The molecule has 2 heterocycles. The molecule has 0 unspecified atom stereocenters. The van der Waals surface area contributed by atoms with Crippen molar-refractivity contribution in [2.75, 3.05) is 13.2 Å². The Labute approximate surface area is 143 Å². The molecule has 0 fully saturated rings. The van der Waals surface area contributed by atoms with Gasteiger partial charge in [-0.15, -0.1) is 22.7 Å². The molecule has 0 atom stereocenters. The fourth-order valence-electron chi connectivity index (χ4n) is 2.75. The molecule has 23 heavy (non-hydrogen) atoms. The van der Waals surface area contributed by atoms with Crippen LogP contribution >= 0.6 is 22.7 Å². The van der Waals surface area contributed by atoms with Crippen molar-refractivity contribution in [3.8, 4) is 0 Å². The molecule has 2 N–H and O–H groups in total. The Hall–Kier alpha value is -1.66. The van der Waals surface area contributed by atoms with E-state index in [1.807, 2.05) is 0 Å². The molecule has 4 rings (SSSR count). The van der Waals surface area contributed by atoms with E-state index in [4.69, 9.17) is 10.4 Å². The van der Waals surface area contributed by atoms with Gasteiger partial charge in [-0.1, -0.05) is 36.4 Å². The third-order valence-electron chi connectivity index (χ3n) is 3.81. The maximum absolute atomic E-state index is 6.12. The monoisotopic (exact) mass is 337 g/mol. The lowest BCUT2D eigenvalue weighted by molar-refractivity contribution is 0.345. The van der Waals surface area contributed by atoms with Gasteiger partial charge in [-0.3, -0.25) is 0 Å². The van der Waals surface area contributed by atoms with Gasteiger partial charge in [0.15, 0.2) is 0 Å². The van der Waals surface area contributed by atoms with Gasteiger partial charge in [-0.05, 0) is 35.0 Å². The van der Waals surface area contributed by atoms with Crippen molar-refractivity contribution >= 4 is 59.3 Å². The third kappa shape index (κ3) is 2.93. The van der Waals surface area contributed by atoms with Crippen molar-refractivity contribution in [1.82, 2.24) is 0 Å². The van der Waals surface area contributed by atoms with E-state index < -0.39 is 0 Å². The Morgan fingerprint density at radius 1 is 0.826 bits per heavy atom. The number of thiophene rings is 2. The Kier molecular flexibility index (Phi) is 4.18. The molecule has 0 radical (unpaired) electrons. The van der Waals surface area contributed by atoms with Crippen molar-refractivity contribution in [1.29, 1.82) is 0 Å². The first-order chi connectivity index (χ1) is 11.3. The minimum Gasteiger partial charge on any atom is -0.425 e. The van der Waals surface area contributed by atoms with Crippen molar-refractivity contribution in [2.45, 2.75) is 0 Å². The summed E-state index contributed by atoms with van der Waals surface area (Å²) in [7, 11) is 0. The lowest BCUT2D eigenvalue weighted by Crippen LogP contribution is -2.42. The smallest absolute Gasteiger partial charge is 0.382 e. The van der Waals surface area contributed by atoms with Gasteiger partial charge in [0.1, 0.15) is 0 Å². The predicted octanol–water partition coefficient (Wildman–Crippen LogP) is 3.20. The highest BCUT2D eigenvalue weighted by Crippen LogP contribution is 2.22. The third-order valence-corrected chi connectivity index (χ3v) is 6.13. The van der Waals surface area contributed by atoms with Crippen LogP contribution in [0.15, 0.2) is 60.7 Å². The summed E-state index contributed by atoms with van der Waals surface area (Å²) in [6, 6.07) is 21.4. The summed E-state index contributed by atoms with van der Waals surface area (Å²) in [6.45, 7) is 1.06. The Morgan fingerprint density at radius 2 is 1.35 bits per heavy atom. The van der Waals surface area contributed by atoms with Crippen LogP contribution in [0.25, 0.3) is 20.2 Å². The summed E-state index contributed by atoms with van der Waals surface area (Å²) in [6.07, 6.45) is 0. The number of rotatable bonds is 5. The first-order valence-corrected chi connectivity index (χ1v) is 9.27. The summed E-state index contributed by atoms with van der Waals surface area (Å²) in [5, 5.41) is 2.55. The number of nitrogens with two attached hydrogens (primary N) is 1. The van der Waals surface area contributed by atoms with E-state index in [1.54, 1.807) is 22.7 Å². The average Bonchev–Trinajstić information content (AvgIpc) is 3.19. The van der Waals surface area contributed by atoms with Crippen molar-refractivity contribution in [3.05, 3.63) is 60.7 Å². The molecule has 0 aliphatic heterocycles. The largest absolute Gasteiger partial charge is 0.425 e. The molecule has 2 nitrogen and oxygen atoms in total. The van der Waals surface area contributed by atoms with E-state index in [-0.39, 0.29) is 6.92 Å². The van der Waals surface area contributed by atoms with Crippen LogP contribution in [0.2, 0.25) is 0 Å². The van der Waals surface area contributed by atoms with Crippen LogP contribution in [0.4, 0.5) is 0 Å². The molecule has 4 aromatic rings. The zero-order valence-electron chi connectivity index (χ0n) is 12.6. The van der Waals surface area contributed by atoms with Crippen molar-refractivity contribution in [3.63, 3.8) is 0 Å². The molecule has 0 saturated carbocycles. The Bertz CT molecular complexity index is 806. The fourth-order valence-corrected chi connectivity index (χ4v) is 5.09. The second-order valence-corrected chi connectivity index (χ2v) is 7.64. The molecular weight excluding hydrogens is 321 g/mol. The van der Waals surface area contributed by atoms with Crippen LogP contribution in [0.5, 0.6) is 0 Å². The van der Waals surface area contributed by atoms with E-state index in [0.29, 0.717) is 13.2 Å². The molecule has 114 valence electrons. The van der Waals surface area contributed by atoms with Crippen LogP contribution in [0, 0.1) is 0 Å². The highest BCUT2D eigenvalue weighted by atomic mass is 32.1. The molecule has 0 aliphatic rings. The fraction of sp³-hybridized carbons (Fsp3) is 0.111. The first-order valence-electron chi connectivity index (χ1n) is 7.64. The lowest BCUT2D eigenvalue weighted by atomic mass is 9.64. The zero-order chi connectivity index (χ0) is 15.6. The summed E-state index contributed by atoms with van der Waals surface area (Å²) >= 11 is 3.60. The molecular formula is C18H16BNOS2. The van der Waals surface area contributed by atoms with E-state index >= 15 is 0 Å². The van der Waals surface area contributed by atoms with Gasteiger partial charge in [-0.2, -0.15) is 0 Å². The molecule has 0 saturated heterocycles. The topological polar surface area (TPSA) is 35.2 Å². The van der Waals surface area contributed by atoms with Crippen molar-refractivity contribution < 1.29 is 4.65 Å². The van der Waals surface area contributed by atoms with E-state index in [1.165, 1.54) is 29.7 Å². The zero-order valence-corrected chi connectivity index (χ0v) is 14.2. The van der Waals surface area contributed by atoms with E-state index in [9.17, 15) is 0 Å². The summed E-state index contributed by atoms with van der Waals surface area (Å²) in [5.41, 5.74) is 5.66. The lowest BCUT2D eigenvalue weighted by Gasteiger charge is -2.10. The van der Waals surface area contributed by atoms with Crippen molar-refractivity contribution in [2.24, 2.45) is 5.73 Å². The first kappa shape index (κ1) is 14.9. The van der Waals surface area contributed by atoms with Gasteiger partial charge in [-0.25, -0.2) is 0 Å². The number of benzene rings is 2. The SMILES string of the molecule is NCCOB(c1cc2ccccc2s1)c1cc2ccccc2s1. The summed E-state index contributed by atoms with van der Waals surface area (Å²) in [4.78, 5) is 0. The molecule has 0 aliphatic carbocycles. The van der Waals surface area contributed by atoms with Crippen LogP contribution < -0.4 is 15.3 Å². The van der Waals surface area contributed by atoms with Gasteiger partial charge in [0, 0.05) is 32.1 Å². The predicted molar refractivity (Wildman–Crippen MR) is 104 cm³/mol. The maximum Gasteiger partial charge on any atom is 0.382 e. The second kappa shape index (κ2) is 6.45. The van der Waals surface area contributed by atoms with Gasteiger partial charge < -0.3 is 10.4 Å². The van der Waals surface area contributed by atoms with Gasteiger partial charge in [0.05, 0.1) is 0 Å². The van der Waals surface area contributed by atoms with Crippen LogP contribution in [-0.2, 0) is 4.65 Å². The van der Waals surface area contributed by atoms with E-state index in [0.717, 1.165) is 0 Å². The normalized spacial score (nSPS) is 11.3. The standard InChI is InChI=1S/C18H16BNOS2/c20-9-10-21-19(17-11-13-5-1-3-7-15(13)22-17)18-12-14-6-2-4-8-16(14)23-18/h1-8,11-12H,9-10,20H2. The Balaban J connectivity index is 1.79. The van der Waals surface area contributed by atoms with Gasteiger partial charge in [0.25, 0.3) is 0 Å². The number of fused-ring (bicyclic) bond motifs is 2. The van der Waals surface area contributed by atoms with Crippen LogP contribution in [0.1, 0.15) is 0 Å². The molecule has 2 aromatic heterocycles. The molecule has 0 amide bonds. The van der Waals surface area contributed by atoms with Crippen LogP contribution in [0.3, 0.4) is 0 Å². The highest BCUT2D eigenvalue weighted by Gasteiger charge is 2.25. The molecule has 0 bridgehead atoms. The Morgan fingerprint density at radius 3 is 1.83 bits per heavy atom.